The van der Waals surface area contributed by atoms with Gasteiger partial charge in [0.2, 0.25) is 5.69 Å². The van der Waals surface area contributed by atoms with Crippen LogP contribution in [0.2, 0.25) is 0 Å². The molecule has 0 radical (unpaired) electrons. The molecule has 2 nitrogen and oxygen atoms in total. The number of hydrogen-bond donors (Lipinski definition) is 0. The van der Waals surface area contributed by atoms with Crippen molar-refractivity contribution in [2.45, 2.75) is 38.2 Å². The molecule has 0 aromatic heterocycles. The summed E-state index contributed by atoms with van der Waals surface area (Å²) in [5.74, 6) is 0. The number of alkyl halides is 3. The molecule has 0 N–H and O–H groups in total. The normalized spacial score (nSPS) is 20.6. The summed E-state index contributed by atoms with van der Waals surface area (Å²) in [6.07, 6.45) is 0.136. The molecule has 0 aromatic carbocycles. The Kier molecular flexibility index (Phi) is 11.5. The van der Waals surface area contributed by atoms with E-state index in [0.29, 0.717) is 5.25 Å². The molecule has 0 saturated heterocycles. The summed E-state index contributed by atoms with van der Waals surface area (Å²) in [7, 11) is 0. The van der Waals surface area contributed by atoms with Gasteiger partial charge in [0.25, 0.3) is 0 Å². The summed E-state index contributed by atoms with van der Waals surface area (Å²) in [4.78, 5) is 0. The first-order valence-electron chi connectivity index (χ1n) is 5.20. The van der Waals surface area contributed by atoms with Gasteiger partial charge in [-0.3, -0.25) is 0 Å². The zero-order valence-corrected chi connectivity index (χ0v) is 17.4. The number of halogens is 3. The van der Waals surface area contributed by atoms with E-state index in [1.54, 1.807) is 11.4 Å². The Balaban J connectivity index is 4.62. The van der Waals surface area contributed by atoms with E-state index < -0.39 is 5.69 Å². The fourth-order valence-corrected chi connectivity index (χ4v) is 9.11. The van der Waals surface area contributed by atoms with Gasteiger partial charge < -0.3 is 9.05 Å². The van der Waals surface area contributed by atoms with Gasteiger partial charge in [-0.05, 0) is 25.7 Å². The van der Waals surface area contributed by atoms with Crippen LogP contribution in [0, 0.1) is 0 Å². The Morgan fingerprint density at radius 1 is 1.00 bits per heavy atom. The van der Waals surface area contributed by atoms with Crippen molar-refractivity contribution in [2.24, 2.45) is 0 Å². The van der Waals surface area contributed by atoms with Crippen LogP contribution in [0.3, 0.4) is 0 Å². The van der Waals surface area contributed by atoms with Crippen molar-refractivity contribution in [1.82, 2.24) is 0 Å². The van der Waals surface area contributed by atoms with Gasteiger partial charge in [0.1, 0.15) is 0 Å². The van der Waals surface area contributed by atoms with Crippen LogP contribution in [-0.2, 0) is 20.9 Å². The third-order valence-electron chi connectivity index (χ3n) is 1.58. The summed E-state index contributed by atoms with van der Waals surface area (Å²) in [5, 5.41) is 2.79. The molecule has 0 spiro atoms. The van der Waals surface area contributed by atoms with Gasteiger partial charge in [-0.25, -0.2) is 0 Å². The molecule has 17 heavy (non-hydrogen) atoms. The third kappa shape index (κ3) is 9.01. The van der Waals surface area contributed by atoms with Crippen LogP contribution in [0.25, 0.3) is 0 Å². The Hall–Kier alpha value is 2.36. The van der Waals surface area contributed by atoms with E-state index in [1.165, 1.54) is 0 Å². The van der Waals surface area contributed by atoms with E-state index in [9.17, 15) is 0 Å². The average molecular weight is 493 g/mol. The molecule has 0 aliphatic carbocycles. The summed E-state index contributed by atoms with van der Waals surface area (Å²) in [6, 6.07) is 0. The minimum Gasteiger partial charge on any atom is -0.318 e. The second-order valence-electron chi connectivity index (χ2n) is 3.66. The first-order chi connectivity index (χ1) is 7.86. The molecule has 0 aromatic rings. The van der Waals surface area contributed by atoms with Gasteiger partial charge in [-0.1, -0.05) is 66.1 Å². The molecule has 0 heterocycles. The second kappa shape index (κ2) is 10.1. The maximum Gasteiger partial charge on any atom is 0.248 e. The lowest BCUT2D eigenvalue weighted by Gasteiger charge is -2.28. The molecule has 3 unspecified atom stereocenters. The predicted molar refractivity (Wildman–Crippen MR) is 93.8 cm³/mol. The highest BCUT2D eigenvalue weighted by Crippen LogP contribution is 2.64. The quantitative estimate of drug-likeness (QED) is 0.320. The van der Waals surface area contributed by atoms with Crippen LogP contribution in [0.15, 0.2) is 0 Å². The second-order valence-corrected chi connectivity index (χ2v) is 12.1. The van der Waals surface area contributed by atoms with E-state index >= 15 is 0 Å². The van der Waals surface area contributed by atoms with Crippen LogP contribution >= 0.6 is 64.9 Å². The van der Waals surface area contributed by atoms with Crippen LogP contribution < -0.4 is 0 Å². The van der Waals surface area contributed by atoms with Crippen molar-refractivity contribution in [3.63, 3.8) is 0 Å². The molecule has 0 aliphatic heterocycles. The fraction of sp³-hybridized carbons (Fsp3) is 1.00. The van der Waals surface area contributed by atoms with Crippen molar-refractivity contribution in [1.29, 1.82) is 0 Å². The van der Waals surface area contributed by atoms with E-state index in [1.807, 2.05) is 13.8 Å². The minimum atomic E-state index is -2.28. The highest BCUT2D eigenvalue weighted by atomic mass is 79.9. The topological polar surface area (TPSA) is 18.5 Å². The van der Waals surface area contributed by atoms with Crippen molar-refractivity contribution in [3.8, 4) is 0 Å². The summed E-state index contributed by atoms with van der Waals surface area (Å²) in [5.41, 5.74) is -2.28. The van der Waals surface area contributed by atoms with Gasteiger partial charge in [0, 0.05) is 21.2 Å². The average Bonchev–Trinajstić information content (AvgIpc) is 2.27. The minimum absolute atomic E-state index is 0.0679. The molecule has 8 heteroatoms. The standard InChI is InChI=1S/C9H18Br3O2PS2/c1-7(4-10)13-15(16,14-8(2)5-11)17-9(3)6-12/h7-9H,4-6H2,1-3H3. The predicted octanol–water partition coefficient (Wildman–Crippen LogP) is 5.33. The molecule has 0 saturated carbocycles. The first-order valence-corrected chi connectivity index (χ1v) is 12.7. The number of hydrogen-bond acceptors (Lipinski definition) is 4. The molecule has 0 amide bonds. The molecular weight excluding hydrogens is 475 g/mol. The Morgan fingerprint density at radius 2 is 1.41 bits per heavy atom. The first kappa shape index (κ1) is 19.4. The van der Waals surface area contributed by atoms with Crippen molar-refractivity contribution in [2.75, 3.05) is 16.0 Å². The maximum absolute atomic E-state index is 5.91. The molecule has 0 fully saturated rings. The monoisotopic (exact) mass is 490 g/mol. The maximum atomic E-state index is 5.91. The zero-order chi connectivity index (χ0) is 13.5. The van der Waals surface area contributed by atoms with Crippen molar-refractivity contribution >= 4 is 76.7 Å². The molecule has 0 bridgehead atoms. The van der Waals surface area contributed by atoms with Gasteiger partial charge in [-0.2, -0.15) is 0 Å². The number of rotatable bonds is 9. The Morgan fingerprint density at radius 3 is 1.71 bits per heavy atom. The Bertz CT molecular complexity index is 220. The van der Waals surface area contributed by atoms with Gasteiger partial charge in [0.15, 0.2) is 0 Å². The summed E-state index contributed by atoms with van der Waals surface area (Å²) >= 11 is 17.5. The fourth-order valence-electron chi connectivity index (χ4n) is 0.820. The lowest BCUT2D eigenvalue weighted by atomic mass is 10.5. The lowest BCUT2D eigenvalue weighted by molar-refractivity contribution is 0.191. The highest BCUT2D eigenvalue weighted by Gasteiger charge is 2.27. The van der Waals surface area contributed by atoms with E-state index in [-0.39, 0.29) is 12.2 Å². The largest absolute Gasteiger partial charge is 0.318 e. The van der Waals surface area contributed by atoms with Gasteiger partial charge in [0.05, 0.1) is 12.2 Å². The molecule has 3 atom stereocenters. The lowest BCUT2D eigenvalue weighted by Crippen LogP contribution is -2.14. The van der Waals surface area contributed by atoms with Crippen LogP contribution in [0.1, 0.15) is 20.8 Å². The van der Waals surface area contributed by atoms with Crippen LogP contribution in [0.4, 0.5) is 0 Å². The summed E-state index contributed by atoms with van der Waals surface area (Å²) < 4.78 is 11.8. The SMILES string of the molecule is CC(CBr)OP(=S)(OC(C)CBr)SC(C)CBr. The van der Waals surface area contributed by atoms with Crippen LogP contribution in [0.5, 0.6) is 0 Å². The van der Waals surface area contributed by atoms with E-state index in [0.717, 1.165) is 16.0 Å². The molecule has 104 valence electrons. The van der Waals surface area contributed by atoms with Crippen molar-refractivity contribution < 1.29 is 9.05 Å². The molecule has 0 rings (SSSR count). The summed E-state index contributed by atoms with van der Waals surface area (Å²) in [6.45, 7) is 6.11. The van der Waals surface area contributed by atoms with E-state index in [2.05, 4.69) is 54.7 Å². The molecule has 0 aliphatic rings. The van der Waals surface area contributed by atoms with E-state index in [4.69, 9.17) is 20.9 Å². The van der Waals surface area contributed by atoms with Crippen LogP contribution in [-0.4, -0.2) is 33.4 Å². The Labute approximate surface area is 139 Å². The smallest absolute Gasteiger partial charge is 0.248 e. The van der Waals surface area contributed by atoms with Gasteiger partial charge >= 0.3 is 0 Å². The molecular formula is C9H18Br3O2PS2. The highest BCUT2D eigenvalue weighted by molar-refractivity contribution is 9.09. The zero-order valence-electron chi connectivity index (χ0n) is 10.1. The third-order valence-corrected chi connectivity index (χ3v) is 10.5. The van der Waals surface area contributed by atoms with Crippen molar-refractivity contribution in [3.05, 3.63) is 0 Å². The van der Waals surface area contributed by atoms with Gasteiger partial charge in [-0.15, -0.1) is 0 Å².